The van der Waals surface area contributed by atoms with Gasteiger partial charge in [0, 0.05) is 11.1 Å². The van der Waals surface area contributed by atoms with E-state index in [-0.39, 0.29) is 0 Å². The van der Waals surface area contributed by atoms with Crippen molar-refractivity contribution in [3.05, 3.63) is 66.7 Å². The van der Waals surface area contributed by atoms with Gasteiger partial charge < -0.3 is 14.8 Å². The molecule has 7 heteroatoms. The van der Waals surface area contributed by atoms with Gasteiger partial charge in [-0.3, -0.25) is 10.2 Å². The standard InChI is InChI=1S/C22H23N3O4/c1-3-28-18-13-11-17(12-14-18)23-22(27)25-24-21(26)15(2)29-20-10-6-8-16-7-4-5-9-19(16)20/h4-15H,3H2,1-2H3,(H,24,26)(H2,23,25,27)/t15-/m0/s1. The van der Waals surface area contributed by atoms with Crippen molar-refractivity contribution in [2.24, 2.45) is 0 Å². The molecule has 29 heavy (non-hydrogen) atoms. The second kappa shape index (κ2) is 9.45. The number of hydrogen-bond donors (Lipinski definition) is 3. The van der Waals surface area contributed by atoms with E-state index in [4.69, 9.17) is 9.47 Å². The number of ether oxygens (including phenoxy) is 2. The highest BCUT2D eigenvalue weighted by atomic mass is 16.5. The summed E-state index contributed by atoms with van der Waals surface area (Å²) in [4.78, 5) is 24.2. The van der Waals surface area contributed by atoms with Gasteiger partial charge in [-0.2, -0.15) is 0 Å². The van der Waals surface area contributed by atoms with Crippen LogP contribution in [0.4, 0.5) is 10.5 Å². The van der Waals surface area contributed by atoms with Crippen LogP contribution in [-0.4, -0.2) is 24.6 Å². The Morgan fingerprint density at radius 3 is 2.41 bits per heavy atom. The summed E-state index contributed by atoms with van der Waals surface area (Å²) >= 11 is 0. The zero-order valence-corrected chi connectivity index (χ0v) is 16.3. The van der Waals surface area contributed by atoms with Crippen LogP contribution in [0.3, 0.4) is 0 Å². The van der Waals surface area contributed by atoms with Crippen LogP contribution in [0.25, 0.3) is 10.8 Å². The van der Waals surface area contributed by atoms with Gasteiger partial charge in [0.05, 0.1) is 6.61 Å². The molecule has 150 valence electrons. The Kier molecular flexibility index (Phi) is 6.52. The fraction of sp³-hybridized carbons (Fsp3) is 0.182. The summed E-state index contributed by atoms with van der Waals surface area (Å²) in [5, 5.41) is 4.55. The van der Waals surface area contributed by atoms with Gasteiger partial charge in [-0.1, -0.05) is 36.4 Å². The summed E-state index contributed by atoms with van der Waals surface area (Å²) in [6, 6.07) is 19.7. The molecule has 3 rings (SSSR count). The van der Waals surface area contributed by atoms with E-state index in [0.29, 0.717) is 23.8 Å². The Morgan fingerprint density at radius 2 is 1.66 bits per heavy atom. The molecule has 3 N–H and O–H groups in total. The number of carbonyl (C=O) groups excluding carboxylic acids is 2. The second-order valence-corrected chi connectivity index (χ2v) is 6.26. The SMILES string of the molecule is CCOc1ccc(NC(=O)NNC(=O)[C@H](C)Oc2cccc3ccccc23)cc1. The molecule has 0 heterocycles. The zero-order chi connectivity index (χ0) is 20.6. The number of benzene rings is 3. The molecule has 0 fully saturated rings. The number of urea groups is 1. The Hall–Kier alpha value is -3.74. The van der Waals surface area contributed by atoms with E-state index in [1.165, 1.54) is 0 Å². The largest absolute Gasteiger partial charge is 0.494 e. The molecule has 0 aliphatic rings. The average molecular weight is 393 g/mol. The maximum Gasteiger partial charge on any atom is 0.337 e. The zero-order valence-electron chi connectivity index (χ0n) is 16.3. The molecule has 0 saturated carbocycles. The van der Waals surface area contributed by atoms with Crippen LogP contribution < -0.4 is 25.6 Å². The van der Waals surface area contributed by atoms with Crippen molar-refractivity contribution in [2.45, 2.75) is 20.0 Å². The van der Waals surface area contributed by atoms with Gasteiger partial charge in [-0.15, -0.1) is 0 Å². The van der Waals surface area contributed by atoms with Crippen LogP contribution >= 0.6 is 0 Å². The third-order valence-corrected chi connectivity index (χ3v) is 4.15. The van der Waals surface area contributed by atoms with Gasteiger partial charge in [0.25, 0.3) is 5.91 Å². The summed E-state index contributed by atoms with van der Waals surface area (Å²) < 4.78 is 11.1. The first-order valence-corrected chi connectivity index (χ1v) is 9.31. The summed E-state index contributed by atoms with van der Waals surface area (Å²) in [6.07, 6.45) is -0.799. The molecule has 1 atom stereocenters. The van der Waals surface area contributed by atoms with E-state index in [0.717, 1.165) is 10.8 Å². The summed E-state index contributed by atoms with van der Waals surface area (Å²) in [5.74, 6) is 0.843. The predicted molar refractivity (Wildman–Crippen MR) is 112 cm³/mol. The molecular formula is C22H23N3O4. The molecule has 0 saturated heterocycles. The Bertz CT molecular complexity index is 984. The fourth-order valence-electron chi connectivity index (χ4n) is 2.73. The predicted octanol–water partition coefficient (Wildman–Crippen LogP) is 3.86. The van der Waals surface area contributed by atoms with E-state index < -0.39 is 18.0 Å². The minimum Gasteiger partial charge on any atom is -0.494 e. The van der Waals surface area contributed by atoms with Crippen LogP contribution in [0.2, 0.25) is 0 Å². The van der Waals surface area contributed by atoms with E-state index in [1.807, 2.05) is 43.3 Å². The van der Waals surface area contributed by atoms with E-state index in [9.17, 15) is 9.59 Å². The Balaban J connectivity index is 1.51. The van der Waals surface area contributed by atoms with Crippen molar-refractivity contribution in [3.63, 3.8) is 0 Å². The first kappa shape index (κ1) is 20.0. The van der Waals surface area contributed by atoms with Crippen LogP contribution in [0, 0.1) is 0 Å². The average Bonchev–Trinajstić information content (AvgIpc) is 2.74. The van der Waals surface area contributed by atoms with Gasteiger partial charge in [0.1, 0.15) is 11.5 Å². The first-order chi connectivity index (χ1) is 14.1. The maximum atomic E-state index is 12.3. The fourth-order valence-corrected chi connectivity index (χ4v) is 2.73. The Morgan fingerprint density at radius 1 is 0.931 bits per heavy atom. The van der Waals surface area contributed by atoms with Gasteiger partial charge in [0.15, 0.2) is 6.10 Å². The summed E-state index contributed by atoms with van der Waals surface area (Å²) in [7, 11) is 0. The summed E-state index contributed by atoms with van der Waals surface area (Å²) in [6.45, 7) is 4.08. The topological polar surface area (TPSA) is 88.7 Å². The maximum absolute atomic E-state index is 12.3. The lowest BCUT2D eigenvalue weighted by atomic mass is 10.1. The minimum atomic E-state index is -0.799. The Labute approximate surface area is 169 Å². The molecule has 3 aromatic rings. The van der Waals surface area contributed by atoms with Gasteiger partial charge in [-0.25, -0.2) is 10.2 Å². The molecule has 3 amide bonds. The van der Waals surface area contributed by atoms with Crippen LogP contribution in [-0.2, 0) is 4.79 Å². The van der Waals surface area contributed by atoms with Crippen molar-refractivity contribution in [1.82, 2.24) is 10.9 Å². The number of anilines is 1. The van der Waals surface area contributed by atoms with Crippen LogP contribution in [0.1, 0.15) is 13.8 Å². The van der Waals surface area contributed by atoms with Crippen LogP contribution in [0.15, 0.2) is 66.7 Å². The van der Waals surface area contributed by atoms with Crippen molar-refractivity contribution in [2.75, 3.05) is 11.9 Å². The van der Waals surface area contributed by atoms with Crippen molar-refractivity contribution in [3.8, 4) is 11.5 Å². The van der Waals surface area contributed by atoms with E-state index >= 15 is 0 Å². The first-order valence-electron chi connectivity index (χ1n) is 9.31. The molecular weight excluding hydrogens is 370 g/mol. The number of fused-ring (bicyclic) bond motifs is 1. The number of amides is 3. The summed E-state index contributed by atoms with van der Waals surface area (Å²) in [5.41, 5.74) is 5.24. The number of carbonyl (C=O) groups is 2. The lowest BCUT2D eigenvalue weighted by Crippen LogP contribution is -2.48. The number of nitrogens with one attached hydrogen (secondary N) is 3. The van der Waals surface area contributed by atoms with Gasteiger partial charge in [-0.05, 0) is 49.6 Å². The molecule has 7 nitrogen and oxygen atoms in total. The quantitative estimate of drug-likeness (QED) is 0.555. The molecule has 3 aromatic carbocycles. The molecule has 0 spiro atoms. The van der Waals surface area contributed by atoms with Gasteiger partial charge >= 0.3 is 6.03 Å². The van der Waals surface area contributed by atoms with Crippen molar-refractivity contribution < 1.29 is 19.1 Å². The normalized spacial score (nSPS) is 11.4. The molecule has 0 aliphatic heterocycles. The monoisotopic (exact) mass is 393 g/mol. The van der Waals surface area contributed by atoms with Gasteiger partial charge in [0.2, 0.25) is 0 Å². The van der Waals surface area contributed by atoms with E-state index in [1.54, 1.807) is 37.3 Å². The molecule has 0 radical (unpaired) electrons. The van der Waals surface area contributed by atoms with E-state index in [2.05, 4.69) is 16.2 Å². The molecule has 0 aliphatic carbocycles. The second-order valence-electron chi connectivity index (χ2n) is 6.26. The highest BCUT2D eigenvalue weighted by Gasteiger charge is 2.16. The molecule has 0 unspecified atom stereocenters. The highest BCUT2D eigenvalue weighted by molar-refractivity contribution is 5.92. The minimum absolute atomic E-state index is 0.472. The molecule has 0 bridgehead atoms. The highest BCUT2D eigenvalue weighted by Crippen LogP contribution is 2.26. The lowest BCUT2D eigenvalue weighted by molar-refractivity contribution is -0.127. The smallest absolute Gasteiger partial charge is 0.337 e. The third kappa shape index (κ3) is 5.38. The number of hydrogen-bond acceptors (Lipinski definition) is 4. The lowest BCUT2D eigenvalue weighted by Gasteiger charge is -2.16. The van der Waals surface area contributed by atoms with Crippen molar-refractivity contribution >= 4 is 28.4 Å². The van der Waals surface area contributed by atoms with Crippen molar-refractivity contribution in [1.29, 1.82) is 0 Å². The molecule has 0 aromatic heterocycles. The third-order valence-electron chi connectivity index (χ3n) is 4.15. The van der Waals surface area contributed by atoms with Crippen LogP contribution in [0.5, 0.6) is 11.5 Å². The number of hydrazine groups is 1. The number of rotatable bonds is 6.